The van der Waals surface area contributed by atoms with E-state index in [-0.39, 0.29) is 35.2 Å². The van der Waals surface area contributed by atoms with E-state index in [0.29, 0.717) is 65.0 Å². The van der Waals surface area contributed by atoms with Crippen molar-refractivity contribution >= 4 is 74.0 Å². The van der Waals surface area contributed by atoms with E-state index in [9.17, 15) is 14.4 Å². The number of para-hydroxylation sites is 1. The van der Waals surface area contributed by atoms with Gasteiger partial charge in [-0.1, -0.05) is 23.7 Å². The summed E-state index contributed by atoms with van der Waals surface area (Å²) in [4.78, 5) is 54.5. The number of aryl methyl sites for hydroxylation is 2. The summed E-state index contributed by atoms with van der Waals surface area (Å²) < 4.78 is 39.2. The molecule has 7 heterocycles. The van der Waals surface area contributed by atoms with Crippen LogP contribution in [-0.4, -0.2) is 105 Å². The summed E-state index contributed by atoms with van der Waals surface area (Å²) in [6.07, 6.45) is 5.75. The number of carbonyl (C=O) groups excluding carboxylic acids is 2. The largest absolute Gasteiger partial charge is 0.480 e. The molecule has 3 aromatic heterocycles. The van der Waals surface area contributed by atoms with Crippen molar-refractivity contribution in [3.8, 4) is 5.75 Å². The smallest absolute Gasteiger partial charge is 0.301 e. The molecule has 1 aliphatic carbocycles. The molecule has 3 saturated heterocycles. The van der Waals surface area contributed by atoms with Crippen LogP contribution >= 0.6 is 11.6 Å². The van der Waals surface area contributed by atoms with Crippen molar-refractivity contribution in [3.63, 3.8) is 0 Å². The number of rotatable bonds is 8. The summed E-state index contributed by atoms with van der Waals surface area (Å²) in [6.45, 7) is 6.73. The van der Waals surface area contributed by atoms with Gasteiger partial charge in [0.1, 0.15) is 5.02 Å². The van der Waals surface area contributed by atoms with Crippen LogP contribution in [0.5, 0.6) is 5.75 Å². The molecule has 15 nitrogen and oxygen atoms in total. The van der Waals surface area contributed by atoms with Crippen LogP contribution in [0, 0.1) is 11.8 Å². The van der Waals surface area contributed by atoms with E-state index >= 15 is 8.78 Å². The lowest BCUT2D eigenvalue weighted by Gasteiger charge is -2.43. The lowest BCUT2D eigenvalue weighted by molar-refractivity contribution is -0.134. The molecule has 0 spiro atoms. The van der Waals surface area contributed by atoms with Gasteiger partial charge in [0.25, 0.3) is 5.56 Å². The minimum atomic E-state index is -3.13. The highest BCUT2D eigenvalue weighted by atomic mass is 35.5. The number of alkyl halides is 2. The minimum absolute atomic E-state index is 0.107. The number of anilines is 5. The summed E-state index contributed by atoms with van der Waals surface area (Å²) in [5.41, 5.74) is 3.84. The van der Waals surface area contributed by atoms with Gasteiger partial charge in [0, 0.05) is 82.3 Å². The number of hydrogen-bond donors (Lipinski definition) is 3. The molecular weight excluding hydrogens is 820 g/mol. The molecule has 4 aliphatic heterocycles. The first kappa shape index (κ1) is 40.5. The van der Waals surface area contributed by atoms with E-state index < -0.39 is 30.0 Å². The highest BCUT2D eigenvalue weighted by Crippen LogP contribution is 2.46. The summed E-state index contributed by atoms with van der Waals surface area (Å²) in [5, 5.41) is 15.5. The third-order valence-electron chi connectivity index (χ3n) is 13.5. The van der Waals surface area contributed by atoms with Gasteiger partial charge in [-0.3, -0.25) is 29.3 Å². The highest BCUT2D eigenvalue weighted by Gasteiger charge is 2.51. The van der Waals surface area contributed by atoms with Crippen LogP contribution in [0.4, 0.5) is 37.6 Å². The Morgan fingerprint density at radius 3 is 2.56 bits per heavy atom. The molecule has 4 fully saturated rings. The number of carbonyl (C=O) groups is 2. The summed E-state index contributed by atoms with van der Waals surface area (Å²) in [6, 6.07) is 10.7. The second-order valence-electron chi connectivity index (χ2n) is 17.7. The molecule has 0 bridgehead atoms. The van der Waals surface area contributed by atoms with Crippen LogP contribution in [0.1, 0.15) is 57.1 Å². The van der Waals surface area contributed by atoms with Crippen molar-refractivity contribution in [3.05, 3.63) is 63.7 Å². The molecule has 10 rings (SSSR count). The van der Waals surface area contributed by atoms with Crippen LogP contribution in [0.15, 0.2) is 47.4 Å². The van der Waals surface area contributed by atoms with Gasteiger partial charge in [0.15, 0.2) is 12.4 Å². The Kier molecular flexibility index (Phi) is 10.2. The van der Waals surface area contributed by atoms with Crippen molar-refractivity contribution in [2.24, 2.45) is 25.9 Å². The number of amides is 2. The van der Waals surface area contributed by atoms with Crippen LogP contribution < -0.4 is 36.0 Å². The number of nitrogens with one attached hydrogen (secondary N) is 3. The maximum absolute atomic E-state index is 15.2. The topological polar surface area (TPSA) is 155 Å². The van der Waals surface area contributed by atoms with E-state index in [1.165, 1.54) is 4.57 Å². The Morgan fingerprint density at radius 2 is 1.81 bits per heavy atom. The quantitative estimate of drug-likeness (QED) is 0.162. The molecule has 18 heteroatoms. The lowest BCUT2D eigenvalue weighted by Crippen LogP contribution is -2.53. The fourth-order valence-electron chi connectivity index (χ4n) is 10.0. The lowest BCUT2D eigenvalue weighted by atomic mass is 9.92. The fourth-order valence-corrected chi connectivity index (χ4v) is 10.2. The van der Waals surface area contributed by atoms with Gasteiger partial charge in [-0.2, -0.15) is 10.1 Å². The Morgan fingerprint density at radius 1 is 1.00 bits per heavy atom. The normalized spacial score (nSPS) is 23.5. The fraction of sp³-hybridized carbons (Fsp3) is 0.500. The molecule has 0 radical (unpaired) electrons. The SMILES string of the molecule is CC1CN(CC2CCN(c3ncc(Cl)c(Nc4ccc5c(c4)c4c(c(=O)n5C)OCC(F)(F)C(C5CC5)N4)n3)CC2)CCN1c1cccc2c(C3CCC(=O)NC3=O)nn(C)c12. The van der Waals surface area contributed by atoms with Gasteiger partial charge >= 0.3 is 5.92 Å². The van der Waals surface area contributed by atoms with Gasteiger partial charge in [0.2, 0.25) is 23.5 Å². The van der Waals surface area contributed by atoms with Crippen molar-refractivity contribution in [1.82, 2.24) is 34.5 Å². The van der Waals surface area contributed by atoms with Gasteiger partial charge in [0.05, 0.1) is 46.3 Å². The van der Waals surface area contributed by atoms with Gasteiger partial charge < -0.3 is 29.7 Å². The number of pyridine rings is 1. The molecule has 3 unspecified atom stereocenters. The zero-order chi connectivity index (χ0) is 43.0. The zero-order valence-corrected chi connectivity index (χ0v) is 35.7. The third kappa shape index (κ3) is 7.35. The second-order valence-corrected chi connectivity index (χ2v) is 18.1. The van der Waals surface area contributed by atoms with Crippen LogP contribution in [0.3, 0.4) is 0 Å². The molecule has 1 saturated carbocycles. The van der Waals surface area contributed by atoms with Gasteiger partial charge in [-0.05, 0) is 75.1 Å². The van der Waals surface area contributed by atoms with E-state index in [1.807, 2.05) is 29.9 Å². The standard InChI is InChI=1S/C44H50ClF2N11O4/c1-24-21-56(17-18-58(24)33-6-4-5-28-35(53-55(3)37(28)33)29-10-12-34(59)50-41(29)60)22-25-13-15-57(16-14-25)43-48-20-31(45)40(52-43)49-27-9-11-32-30(19-27)36-38(42(61)54(32)2)62-23-44(46,47)39(51-36)26-7-8-26/h4-6,9,11,19-20,24-26,29,39,51H,7-8,10,12-18,21-23H2,1-3H3,(H,48,49,52)(H,50,59,60). The van der Waals surface area contributed by atoms with Gasteiger partial charge in [-0.25, -0.2) is 13.8 Å². The first-order valence-electron chi connectivity index (χ1n) is 21.6. The maximum Gasteiger partial charge on any atom is 0.301 e. The predicted molar refractivity (Wildman–Crippen MR) is 234 cm³/mol. The number of piperazine rings is 1. The average Bonchev–Trinajstić information content (AvgIpc) is 4.05. The molecule has 62 heavy (non-hydrogen) atoms. The Bertz CT molecular complexity index is 2660. The number of hydrogen-bond acceptors (Lipinski definition) is 12. The van der Waals surface area contributed by atoms with Crippen molar-refractivity contribution in [2.45, 2.75) is 69.4 Å². The molecular formula is C44H50ClF2N11O4. The second kappa shape index (κ2) is 15.7. The number of piperidine rings is 2. The average molecular weight is 870 g/mol. The van der Waals surface area contributed by atoms with Crippen LogP contribution in [-0.2, 0) is 23.7 Å². The Labute approximate surface area is 361 Å². The first-order chi connectivity index (χ1) is 29.8. The minimum Gasteiger partial charge on any atom is -0.480 e. The summed E-state index contributed by atoms with van der Waals surface area (Å²) in [7, 11) is 3.53. The van der Waals surface area contributed by atoms with Gasteiger partial charge in [-0.15, -0.1) is 0 Å². The highest BCUT2D eigenvalue weighted by molar-refractivity contribution is 6.33. The van der Waals surface area contributed by atoms with Crippen molar-refractivity contribution in [1.29, 1.82) is 0 Å². The van der Waals surface area contributed by atoms with E-state index in [2.05, 4.69) is 48.6 Å². The van der Waals surface area contributed by atoms with Crippen molar-refractivity contribution in [2.75, 3.05) is 66.3 Å². The van der Waals surface area contributed by atoms with Crippen LogP contribution in [0.2, 0.25) is 5.02 Å². The predicted octanol–water partition coefficient (Wildman–Crippen LogP) is 5.78. The Hall–Kier alpha value is -5.55. The molecule has 3 N–H and O–H groups in total. The van der Waals surface area contributed by atoms with E-state index in [1.54, 1.807) is 25.4 Å². The van der Waals surface area contributed by atoms with Crippen molar-refractivity contribution < 1.29 is 23.1 Å². The molecule has 5 aliphatic rings. The number of imide groups is 1. The van der Waals surface area contributed by atoms with Crippen LogP contribution in [0.25, 0.3) is 21.8 Å². The Balaban J connectivity index is 0.787. The molecule has 5 aromatic rings. The zero-order valence-electron chi connectivity index (χ0n) is 35.0. The molecule has 2 aromatic carbocycles. The van der Waals surface area contributed by atoms with E-state index in [0.717, 1.165) is 74.4 Å². The summed E-state index contributed by atoms with van der Waals surface area (Å²) >= 11 is 6.65. The summed E-state index contributed by atoms with van der Waals surface area (Å²) in [5.74, 6) is -2.86. The number of aromatic nitrogens is 5. The van der Waals surface area contributed by atoms with E-state index in [4.69, 9.17) is 26.4 Å². The first-order valence-corrected chi connectivity index (χ1v) is 22.0. The number of fused-ring (bicyclic) bond motifs is 4. The third-order valence-corrected chi connectivity index (χ3v) is 13.8. The number of nitrogens with zero attached hydrogens (tertiary/aromatic N) is 8. The molecule has 326 valence electrons. The monoisotopic (exact) mass is 869 g/mol. The molecule has 3 atom stereocenters. The number of benzene rings is 2. The number of halogens is 3. The molecule has 2 amide bonds. The maximum atomic E-state index is 15.2. The number of ether oxygens (including phenoxy) is 1.